The minimum absolute atomic E-state index is 0.116. The van der Waals surface area contributed by atoms with Gasteiger partial charge in [0.05, 0.1) is 6.04 Å². The summed E-state index contributed by atoms with van der Waals surface area (Å²) in [4.78, 5) is 15.9. The highest BCUT2D eigenvalue weighted by Gasteiger charge is 2.31. The van der Waals surface area contributed by atoms with Crippen molar-refractivity contribution in [2.75, 3.05) is 25.0 Å². The summed E-state index contributed by atoms with van der Waals surface area (Å²) in [6, 6.07) is 6.57. The first-order chi connectivity index (χ1) is 9.76. The number of amides is 1. The van der Waals surface area contributed by atoms with Crippen LogP contribution in [0.1, 0.15) is 27.2 Å². The Hall–Kier alpha value is -1.78. The van der Waals surface area contributed by atoms with Crippen molar-refractivity contribution in [2.45, 2.75) is 38.8 Å². The van der Waals surface area contributed by atoms with Crippen LogP contribution in [0.5, 0.6) is 0 Å². The molecule has 1 aliphatic rings. The average molecular weight is 294 g/mol. The Morgan fingerprint density at radius 1 is 1.33 bits per heavy atom. The molecule has 2 rings (SSSR count). The molecule has 1 aromatic rings. The predicted molar refractivity (Wildman–Crippen MR) is 81.0 cm³/mol. The van der Waals surface area contributed by atoms with E-state index in [9.17, 15) is 9.18 Å². The van der Waals surface area contributed by atoms with E-state index in [2.05, 4.69) is 4.90 Å². The van der Waals surface area contributed by atoms with Gasteiger partial charge in [0.2, 0.25) is 0 Å². The molecule has 1 saturated heterocycles. The lowest BCUT2D eigenvalue weighted by atomic mass is 10.2. The summed E-state index contributed by atoms with van der Waals surface area (Å²) in [5, 5.41) is 0. The van der Waals surface area contributed by atoms with Crippen LogP contribution in [0.2, 0.25) is 0 Å². The van der Waals surface area contributed by atoms with Gasteiger partial charge in [-0.05, 0) is 51.5 Å². The van der Waals surface area contributed by atoms with Gasteiger partial charge >= 0.3 is 6.09 Å². The lowest BCUT2D eigenvalue weighted by molar-refractivity contribution is 0.0238. The molecular weight excluding hydrogens is 271 g/mol. The maximum Gasteiger partial charge on any atom is 0.410 e. The third-order valence-corrected chi connectivity index (χ3v) is 3.58. The summed E-state index contributed by atoms with van der Waals surface area (Å²) in [6.07, 6.45) is 0.584. The largest absolute Gasteiger partial charge is 0.444 e. The van der Waals surface area contributed by atoms with Crippen LogP contribution >= 0.6 is 0 Å². The van der Waals surface area contributed by atoms with Crippen molar-refractivity contribution >= 4 is 11.8 Å². The van der Waals surface area contributed by atoms with Gasteiger partial charge in [-0.1, -0.05) is 0 Å². The average Bonchev–Trinajstić information content (AvgIpc) is 2.86. The summed E-state index contributed by atoms with van der Waals surface area (Å²) in [5.41, 5.74) is 0.497. The Morgan fingerprint density at radius 2 is 1.95 bits per heavy atom. The van der Waals surface area contributed by atoms with Crippen LogP contribution in [0.25, 0.3) is 0 Å². The molecule has 1 unspecified atom stereocenters. The van der Waals surface area contributed by atoms with Gasteiger partial charge in [-0.3, -0.25) is 0 Å². The fourth-order valence-corrected chi connectivity index (χ4v) is 2.43. The van der Waals surface area contributed by atoms with Gasteiger partial charge in [0.15, 0.2) is 0 Å². The second kappa shape index (κ2) is 5.92. The molecule has 5 heteroatoms. The molecule has 4 nitrogen and oxygen atoms in total. The number of nitrogens with zero attached hydrogens (tertiary/aromatic N) is 2. The van der Waals surface area contributed by atoms with E-state index in [1.807, 2.05) is 20.8 Å². The molecule has 0 aliphatic carbocycles. The highest BCUT2D eigenvalue weighted by Crippen LogP contribution is 2.23. The second-order valence-corrected chi connectivity index (χ2v) is 6.46. The molecule has 0 saturated carbocycles. The zero-order valence-electron chi connectivity index (χ0n) is 13.1. The van der Waals surface area contributed by atoms with E-state index in [1.54, 1.807) is 24.1 Å². The number of anilines is 1. The first kappa shape index (κ1) is 15.6. The van der Waals surface area contributed by atoms with Crippen LogP contribution in [0, 0.1) is 5.82 Å². The second-order valence-electron chi connectivity index (χ2n) is 6.46. The van der Waals surface area contributed by atoms with Gasteiger partial charge in [0, 0.05) is 25.8 Å². The lowest BCUT2D eigenvalue weighted by Crippen LogP contribution is -2.42. The molecule has 1 amide bonds. The first-order valence-electron chi connectivity index (χ1n) is 7.22. The topological polar surface area (TPSA) is 32.8 Å². The number of likely N-dealkylation sites (N-methyl/N-ethyl adjacent to an activating group) is 1. The normalized spacial score (nSPS) is 18.7. The van der Waals surface area contributed by atoms with E-state index in [4.69, 9.17) is 4.74 Å². The number of carbonyl (C=O) groups is 1. The summed E-state index contributed by atoms with van der Waals surface area (Å²) < 4.78 is 18.3. The fourth-order valence-electron chi connectivity index (χ4n) is 2.43. The molecule has 1 fully saturated rings. The number of hydrogen-bond acceptors (Lipinski definition) is 3. The lowest BCUT2D eigenvalue weighted by Gasteiger charge is -2.28. The standard InChI is InChI=1S/C16H23FN2O2/c1-16(2,3)21-15(20)18(4)14-9-10-19(11-14)13-7-5-12(17)6-8-13/h5-8,14H,9-11H2,1-4H3. The van der Waals surface area contributed by atoms with E-state index >= 15 is 0 Å². The molecule has 1 atom stereocenters. The van der Waals surface area contributed by atoms with Crippen molar-refractivity contribution in [1.82, 2.24) is 4.90 Å². The Balaban J connectivity index is 1.95. The minimum atomic E-state index is -0.486. The van der Waals surface area contributed by atoms with E-state index < -0.39 is 5.60 Å². The smallest absolute Gasteiger partial charge is 0.410 e. The van der Waals surface area contributed by atoms with Crippen molar-refractivity contribution in [3.05, 3.63) is 30.1 Å². The number of ether oxygens (including phenoxy) is 1. The monoisotopic (exact) mass is 294 g/mol. The number of hydrogen-bond donors (Lipinski definition) is 0. The molecule has 0 N–H and O–H groups in total. The Labute approximate surface area is 125 Å². The summed E-state index contributed by atoms with van der Waals surface area (Å²) >= 11 is 0. The SMILES string of the molecule is CN(C(=O)OC(C)(C)C)C1CCN(c2ccc(F)cc2)C1. The molecule has 1 heterocycles. The van der Waals surface area contributed by atoms with Crippen LogP contribution < -0.4 is 4.90 Å². The van der Waals surface area contributed by atoms with Crippen LogP contribution in [-0.4, -0.2) is 42.8 Å². The number of halogens is 1. The third kappa shape index (κ3) is 4.09. The molecule has 0 radical (unpaired) electrons. The van der Waals surface area contributed by atoms with Gasteiger partial charge < -0.3 is 14.5 Å². The van der Waals surface area contributed by atoms with Crippen molar-refractivity contribution in [2.24, 2.45) is 0 Å². The maximum atomic E-state index is 13.0. The molecular formula is C16H23FN2O2. The molecule has 1 aliphatic heterocycles. The predicted octanol–water partition coefficient (Wildman–Crippen LogP) is 3.27. The molecule has 21 heavy (non-hydrogen) atoms. The third-order valence-electron chi connectivity index (χ3n) is 3.58. The Morgan fingerprint density at radius 3 is 2.52 bits per heavy atom. The fraction of sp³-hybridized carbons (Fsp3) is 0.562. The number of carbonyl (C=O) groups excluding carboxylic acids is 1. The quantitative estimate of drug-likeness (QED) is 0.839. The Bertz CT molecular complexity index is 496. The van der Waals surface area contributed by atoms with Crippen molar-refractivity contribution in [3.63, 3.8) is 0 Å². The van der Waals surface area contributed by atoms with Crippen LogP contribution in [-0.2, 0) is 4.74 Å². The first-order valence-corrected chi connectivity index (χ1v) is 7.22. The number of rotatable bonds is 2. The molecule has 0 bridgehead atoms. The zero-order valence-corrected chi connectivity index (χ0v) is 13.1. The molecule has 116 valence electrons. The van der Waals surface area contributed by atoms with Crippen LogP contribution in [0.4, 0.5) is 14.9 Å². The van der Waals surface area contributed by atoms with E-state index in [-0.39, 0.29) is 18.0 Å². The van der Waals surface area contributed by atoms with E-state index in [0.29, 0.717) is 0 Å². The van der Waals surface area contributed by atoms with Crippen molar-refractivity contribution < 1.29 is 13.9 Å². The Kier molecular flexibility index (Phi) is 4.40. The van der Waals surface area contributed by atoms with Gasteiger partial charge in [0.1, 0.15) is 11.4 Å². The highest BCUT2D eigenvalue weighted by atomic mass is 19.1. The van der Waals surface area contributed by atoms with E-state index in [1.165, 1.54) is 12.1 Å². The minimum Gasteiger partial charge on any atom is -0.444 e. The highest BCUT2D eigenvalue weighted by molar-refractivity contribution is 5.68. The summed E-state index contributed by atoms with van der Waals surface area (Å²) in [7, 11) is 1.77. The molecule has 1 aromatic carbocycles. The number of benzene rings is 1. The summed E-state index contributed by atoms with van der Waals surface area (Å²) in [5.74, 6) is -0.236. The van der Waals surface area contributed by atoms with Gasteiger partial charge in [0.25, 0.3) is 0 Å². The van der Waals surface area contributed by atoms with Gasteiger partial charge in [-0.25, -0.2) is 9.18 Å². The van der Waals surface area contributed by atoms with Gasteiger partial charge in [-0.15, -0.1) is 0 Å². The zero-order chi connectivity index (χ0) is 15.6. The molecule has 0 aromatic heterocycles. The van der Waals surface area contributed by atoms with Crippen LogP contribution in [0.3, 0.4) is 0 Å². The molecule has 0 spiro atoms. The van der Waals surface area contributed by atoms with Crippen LogP contribution in [0.15, 0.2) is 24.3 Å². The van der Waals surface area contributed by atoms with Crippen molar-refractivity contribution in [3.8, 4) is 0 Å². The van der Waals surface area contributed by atoms with Gasteiger partial charge in [-0.2, -0.15) is 0 Å². The van der Waals surface area contributed by atoms with Crippen molar-refractivity contribution in [1.29, 1.82) is 0 Å². The van der Waals surface area contributed by atoms with E-state index in [0.717, 1.165) is 25.2 Å². The summed E-state index contributed by atoms with van der Waals surface area (Å²) in [6.45, 7) is 7.17. The maximum absolute atomic E-state index is 13.0.